The highest BCUT2D eigenvalue weighted by Crippen LogP contribution is 2.22. The first-order valence-corrected chi connectivity index (χ1v) is 7.62. The largest absolute Gasteiger partial charge is 0.474 e. The van der Waals surface area contributed by atoms with Crippen molar-refractivity contribution in [2.24, 2.45) is 0 Å². The molecule has 1 aromatic rings. The zero-order chi connectivity index (χ0) is 14.7. The van der Waals surface area contributed by atoms with Crippen LogP contribution in [-0.4, -0.2) is 68.3 Å². The molecule has 0 saturated carbocycles. The quantitative estimate of drug-likeness (QED) is 0.611. The fraction of sp³-hybridized carbons (Fsp3) is 0.692. The first-order valence-electron chi connectivity index (χ1n) is 7.24. The van der Waals surface area contributed by atoms with Crippen molar-refractivity contribution in [3.63, 3.8) is 0 Å². The average molecular weight is 309 g/mol. The summed E-state index contributed by atoms with van der Waals surface area (Å²) < 4.78 is 11.3. The number of piperidine rings is 1. The van der Waals surface area contributed by atoms with Gasteiger partial charge in [-0.2, -0.15) is 4.98 Å². The first-order chi connectivity index (χ1) is 10.2. The summed E-state index contributed by atoms with van der Waals surface area (Å²) in [5.41, 5.74) is 0. The van der Waals surface area contributed by atoms with E-state index >= 15 is 0 Å². The van der Waals surface area contributed by atoms with E-state index in [9.17, 15) is 0 Å². The highest BCUT2D eigenvalue weighted by molar-refractivity contribution is 6.29. The maximum Gasteiger partial charge on any atom is 0.230 e. The predicted molar refractivity (Wildman–Crippen MR) is 81.1 cm³/mol. The van der Waals surface area contributed by atoms with Crippen LogP contribution in [0.4, 0.5) is 5.95 Å². The lowest BCUT2D eigenvalue weighted by Gasteiger charge is -2.30. The number of anilines is 1. The Balaban J connectivity index is 1.68. The molecule has 1 aromatic heterocycles. The summed E-state index contributed by atoms with van der Waals surface area (Å²) in [7, 11) is 5.75. The Morgan fingerprint density at radius 3 is 2.62 bits per heavy atom. The number of hydrogen-bond donors (Lipinski definition) is 0. The van der Waals surface area contributed by atoms with Crippen molar-refractivity contribution < 1.29 is 9.47 Å². The number of ether oxygens (including phenoxy) is 2. The summed E-state index contributed by atoms with van der Waals surface area (Å²) in [5.74, 6) is 1.14. The molecule has 21 heavy (non-hydrogen) atoms. The van der Waals surface area contributed by atoms with E-state index in [4.69, 9.17) is 29.1 Å². The molecule has 8 heteroatoms. The molecule has 0 bridgehead atoms. The van der Waals surface area contributed by atoms with Gasteiger partial charge < -0.3 is 19.2 Å². The summed E-state index contributed by atoms with van der Waals surface area (Å²) in [6, 6.07) is 1.67. The van der Waals surface area contributed by atoms with Gasteiger partial charge in [0, 0.05) is 19.2 Å². The molecule has 0 spiro atoms. The lowest BCUT2D eigenvalue weighted by Crippen LogP contribution is -2.38. The van der Waals surface area contributed by atoms with Gasteiger partial charge in [0.1, 0.15) is 11.3 Å². The summed E-state index contributed by atoms with van der Waals surface area (Å²) in [4.78, 5) is 12.6. The molecule has 0 N–H and O–H groups in total. The second-order valence-electron chi connectivity index (χ2n) is 5.28. The van der Waals surface area contributed by atoms with Gasteiger partial charge in [-0.1, -0.05) is 11.6 Å². The first kappa shape index (κ1) is 14.9. The third-order valence-electron chi connectivity index (χ3n) is 3.72. The molecule has 3 heterocycles. The number of hydrogen-bond acceptors (Lipinski definition) is 6. The average Bonchev–Trinajstić information content (AvgIpc) is 2.50. The zero-order valence-corrected chi connectivity index (χ0v) is 12.6. The molecule has 112 valence electrons. The highest BCUT2D eigenvalue weighted by Gasteiger charge is 2.20. The maximum atomic E-state index is 6.09. The van der Waals surface area contributed by atoms with Crippen molar-refractivity contribution in [2.75, 3.05) is 44.3 Å². The highest BCUT2D eigenvalue weighted by atomic mass is 35.5. The van der Waals surface area contributed by atoms with Gasteiger partial charge in [-0.3, -0.25) is 0 Å². The summed E-state index contributed by atoms with van der Waals surface area (Å²) in [6.45, 7) is 4.57. The van der Waals surface area contributed by atoms with Crippen LogP contribution in [0.3, 0.4) is 0 Å². The van der Waals surface area contributed by atoms with Crippen molar-refractivity contribution in [3.8, 4) is 5.88 Å². The lowest BCUT2D eigenvalue weighted by atomic mass is 10.1. The van der Waals surface area contributed by atoms with Crippen LogP contribution >= 0.6 is 11.6 Å². The normalized spacial score (nSPS) is 21.5. The number of rotatable bonds is 3. The number of morpholine rings is 1. The Hall–Kier alpha value is -1.05. The van der Waals surface area contributed by atoms with Crippen molar-refractivity contribution >= 4 is 25.5 Å². The van der Waals surface area contributed by atoms with Gasteiger partial charge in [-0.15, -0.1) is 0 Å². The van der Waals surface area contributed by atoms with E-state index in [0.29, 0.717) is 30.2 Å². The van der Waals surface area contributed by atoms with E-state index in [-0.39, 0.29) is 6.10 Å². The zero-order valence-electron chi connectivity index (χ0n) is 11.9. The topological polar surface area (TPSA) is 50.7 Å². The van der Waals surface area contributed by atoms with Crippen LogP contribution in [0.1, 0.15) is 12.8 Å². The minimum atomic E-state index is 0.133. The molecule has 0 aromatic carbocycles. The van der Waals surface area contributed by atoms with Gasteiger partial charge in [-0.05, 0) is 25.9 Å². The standard InChI is InChI=1S/C13H18BClN4O2/c14-19-3-1-10(2-4-19)21-12-9-11(15)16-13(17-12)18-5-7-20-8-6-18/h9-10H,1-8H2. The maximum absolute atomic E-state index is 6.09. The van der Waals surface area contributed by atoms with Crippen molar-refractivity contribution in [3.05, 3.63) is 11.2 Å². The second-order valence-corrected chi connectivity index (χ2v) is 5.67. The van der Waals surface area contributed by atoms with Crippen LogP contribution in [0.2, 0.25) is 5.15 Å². The number of halogens is 1. The van der Waals surface area contributed by atoms with E-state index in [0.717, 1.165) is 39.0 Å². The van der Waals surface area contributed by atoms with Gasteiger partial charge in [0.2, 0.25) is 11.8 Å². The molecule has 2 fully saturated rings. The van der Waals surface area contributed by atoms with Crippen LogP contribution in [0.25, 0.3) is 0 Å². The smallest absolute Gasteiger partial charge is 0.230 e. The fourth-order valence-electron chi connectivity index (χ4n) is 2.52. The van der Waals surface area contributed by atoms with Crippen LogP contribution < -0.4 is 9.64 Å². The minimum absolute atomic E-state index is 0.133. The molecule has 0 aliphatic carbocycles. The van der Waals surface area contributed by atoms with Crippen LogP contribution in [0.15, 0.2) is 6.07 Å². The molecule has 2 aliphatic rings. The molecule has 3 rings (SSSR count). The molecular formula is C13H18BClN4O2. The third kappa shape index (κ3) is 3.99. The van der Waals surface area contributed by atoms with Gasteiger partial charge in [0.25, 0.3) is 0 Å². The Morgan fingerprint density at radius 2 is 1.90 bits per heavy atom. The summed E-state index contributed by atoms with van der Waals surface area (Å²) in [5, 5.41) is 0.401. The van der Waals surface area contributed by atoms with Crippen molar-refractivity contribution in [1.29, 1.82) is 0 Å². The van der Waals surface area contributed by atoms with Gasteiger partial charge in [-0.25, -0.2) is 4.98 Å². The molecule has 6 nitrogen and oxygen atoms in total. The Morgan fingerprint density at radius 1 is 1.19 bits per heavy atom. The Kier molecular flexibility index (Phi) is 4.82. The summed E-state index contributed by atoms with van der Waals surface area (Å²) >= 11 is 6.09. The lowest BCUT2D eigenvalue weighted by molar-refractivity contribution is 0.120. The molecule has 0 amide bonds. The monoisotopic (exact) mass is 308 g/mol. The number of aromatic nitrogens is 2. The SMILES string of the molecule is [B]N1CCC(Oc2cc(Cl)nc(N3CCOCC3)n2)CC1. The van der Waals surface area contributed by atoms with Crippen LogP contribution in [-0.2, 0) is 4.74 Å². The molecule has 2 aliphatic heterocycles. The van der Waals surface area contributed by atoms with Gasteiger partial charge in [0.05, 0.1) is 13.2 Å². The second kappa shape index (κ2) is 6.81. The molecule has 2 saturated heterocycles. The molecular weight excluding hydrogens is 290 g/mol. The fourth-order valence-corrected chi connectivity index (χ4v) is 2.68. The van der Waals surface area contributed by atoms with Crippen molar-refractivity contribution in [2.45, 2.75) is 18.9 Å². The summed E-state index contributed by atoms with van der Waals surface area (Å²) in [6.07, 6.45) is 1.92. The van der Waals surface area contributed by atoms with Gasteiger partial charge in [0.15, 0.2) is 7.98 Å². The van der Waals surface area contributed by atoms with Gasteiger partial charge >= 0.3 is 0 Å². The number of nitrogens with zero attached hydrogens (tertiary/aromatic N) is 4. The van der Waals surface area contributed by atoms with E-state index < -0.39 is 0 Å². The van der Waals surface area contributed by atoms with Crippen LogP contribution in [0.5, 0.6) is 5.88 Å². The molecule has 0 atom stereocenters. The van der Waals surface area contributed by atoms with E-state index in [1.54, 1.807) is 6.07 Å². The van der Waals surface area contributed by atoms with E-state index in [1.807, 2.05) is 4.81 Å². The van der Waals surface area contributed by atoms with Crippen LogP contribution in [0, 0.1) is 0 Å². The van der Waals surface area contributed by atoms with Crippen molar-refractivity contribution in [1.82, 2.24) is 14.8 Å². The predicted octanol–water partition coefficient (Wildman–Crippen LogP) is 0.893. The Labute approximate surface area is 130 Å². The Bertz CT molecular complexity index is 479. The molecule has 2 radical (unpaired) electrons. The molecule has 0 unspecified atom stereocenters. The third-order valence-corrected chi connectivity index (χ3v) is 3.91. The van der Waals surface area contributed by atoms with E-state index in [2.05, 4.69) is 14.9 Å². The van der Waals surface area contributed by atoms with E-state index in [1.165, 1.54) is 0 Å². The minimum Gasteiger partial charge on any atom is -0.474 e.